The van der Waals surface area contributed by atoms with Gasteiger partial charge in [-0.2, -0.15) is 0 Å². The van der Waals surface area contributed by atoms with Crippen LogP contribution in [-0.2, 0) is 47.5 Å². The minimum atomic E-state index is -2.35. The maximum atomic E-state index is 16.0. The molecule has 0 aromatic heterocycles. The molecular weight excluding hydrogens is 849 g/mol. The number of aliphatic hydroxyl groups excluding tert-OH is 1. The van der Waals surface area contributed by atoms with E-state index < -0.39 is 113 Å². The Morgan fingerprint density at radius 1 is 0.864 bits per heavy atom. The monoisotopic (exact) mass is 906 g/mol. The van der Waals surface area contributed by atoms with E-state index in [1.807, 2.05) is 6.92 Å². The third-order valence-electron chi connectivity index (χ3n) is 14.1. The summed E-state index contributed by atoms with van der Waals surface area (Å²) in [6, 6.07) is 23.2. The van der Waals surface area contributed by atoms with Crippen LogP contribution >= 0.6 is 0 Å². The zero-order chi connectivity index (χ0) is 47.8. The van der Waals surface area contributed by atoms with E-state index in [1.54, 1.807) is 114 Å². The highest BCUT2D eigenvalue weighted by Gasteiger charge is 2.78. The van der Waals surface area contributed by atoms with Crippen molar-refractivity contribution in [1.82, 2.24) is 5.32 Å². The first kappa shape index (κ1) is 48.3. The molecule has 349 valence electrons. The van der Waals surface area contributed by atoms with Crippen LogP contribution in [0.3, 0.4) is 0 Å². The van der Waals surface area contributed by atoms with Crippen molar-refractivity contribution < 1.29 is 67.3 Å². The van der Waals surface area contributed by atoms with Crippen LogP contribution in [0, 0.1) is 16.7 Å². The first-order valence-electron chi connectivity index (χ1n) is 22.3. The third-order valence-corrected chi connectivity index (χ3v) is 14.1. The van der Waals surface area contributed by atoms with Crippen LogP contribution in [0.15, 0.2) is 102 Å². The van der Waals surface area contributed by atoms with Crippen LogP contribution in [0.2, 0.25) is 6.32 Å². The molecule has 16 heteroatoms. The van der Waals surface area contributed by atoms with Gasteiger partial charge in [-0.1, -0.05) is 100 Å². The van der Waals surface area contributed by atoms with Crippen molar-refractivity contribution in [2.24, 2.45) is 16.7 Å². The lowest BCUT2D eigenvalue weighted by Gasteiger charge is -2.68. The smallest absolute Gasteiger partial charge is 0.338 e. The summed E-state index contributed by atoms with van der Waals surface area (Å²) in [5.41, 5.74) is -6.52. The van der Waals surface area contributed by atoms with E-state index in [4.69, 9.17) is 28.3 Å². The van der Waals surface area contributed by atoms with Crippen LogP contribution in [0.25, 0.3) is 0 Å². The predicted molar refractivity (Wildman–Crippen MR) is 237 cm³/mol. The van der Waals surface area contributed by atoms with E-state index >= 15 is 4.79 Å². The fraction of sp³-hybridized carbons (Fsp3) is 0.480. The first-order chi connectivity index (χ1) is 31.3. The molecule has 1 saturated heterocycles. The quantitative estimate of drug-likeness (QED) is 0.0624. The summed E-state index contributed by atoms with van der Waals surface area (Å²) in [6.07, 6.45) is -8.25. The van der Waals surface area contributed by atoms with Crippen molar-refractivity contribution >= 4 is 43.0 Å². The van der Waals surface area contributed by atoms with Gasteiger partial charge in [0.1, 0.15) is 23.9 Å². The largest absolute Gasteiger partial charge is 0.456 e. The minimum absolute atomic E-state index is 0.0275. The molecule has 2 bridgehead atoms. The number of aliphatic hydroxyl groups is 2. The topological polar surface area (TPSA) is 210 Å². The Morgan fingerprint density at radius 2 is 1.47 bits per heavy atom. The molecule has 4 aliphatic rings. The molecule has 1 aliphatic heterocycles. The van der Waals surface area contributed by atoms with Gasteiger partial charge in [-0.15, -0.1) is 0 Å². The number of fused-ring (bicyclic) bond motifs is 5. The Labute approximate surface area is 384 Å². The molecule has 2 saturated carbocycles. The zero-order valence-electron chi connectivity index (χ0n) is 38.2. The highest BCUT2D eigenvalue weighted by molar-refractivity contribution is 6.27. The van der Waals surface area contributed by atoms with Gasteiger partial charge in [0, 0.05) is 37.7 Å². The van der Waals surface area contributed by atoms with Crippen molar-refractivity contribution in [3.63, 3.8) is 0 Å². The maximum absolute atomic E-state index is 16.0. The Hall–Kier alpha value is -5.68. The van der Waals surface area contributed by atoms with Crippen LogP contribution in [0.5, 0.6) is 0 Å². The summed E-state index contributed by atoms with van der Waals surface area (Å²) in [5.74, 6) is -6.41. The molecule has 7 rings (SSSR count). The molecule has 3 aromatic carbocycles. The fourth-order valence-electron chi connectivity index (χ4n) is 10.7. The molecule has 66 heavy (non-hydrogen) atoms. The molecule has 0 spiro atoms. The molecule has 3 aliphatic carbocycles. The minimum Gasteiger partial charge on any atom is -0.456 e. The Morgan fingerprint density at radius 3 is 2.03 bits per heavy atom. The van der Waals surface area contributed by atoms with Crippen molar-refractivity contribution in [3.05, 3.63) is 119 Å². The molecule has 0 unspecified atom stereocenters. The average Bonchev–Trinajstić information content (AvgIpc) is 3.28. The van der Waals surface area contributed by atoms with Gasteiger partial charge in [-0.25, -0.2) is 9.59 Å². The van der Waals surface area contributed by atoms with Crippen LogP contribution in [-0.4, -0.2) is 108 Å². The molecule has 11 atom stereocenters. The molecular formula is C50H57BNO14. The number of ketones is 1. The summed E-state index contributed by atoms with van der Waals surface area (Å²) in [6.45, 7) is 10.4. The van der Waals surface area contributed by atoms with Gasteiger partial charge in [0.05, 0.1) is 35.6 Å². The number of carbonyl (C=O) groups excluding carboxylic acids is 6. The first-order valence-corrected chi connectivity index (χ1v) is 22.3. The highest BCUT2D eigenvalue weighted by atomic mass is 16.6. The SMILES string of the molecule is CCC[B]O[C@H]1C[C@H]2OC[C@@]2(OC(C)=O)[C@H]2[C@H](OC(=O)c3ccccc3)[C@]3(O)C[C@H](OC(=O)[C@H](O)[C@@H](NC(=O)c4ccccc4)c4ccccc4)C(C)=C([C@@H](OC(C)=O)C(=O)[C@]12C)C3(C)C. The van der Waals surface area contributed by atoms with Gasteiger partial charge in [0.2, 0.25) is 0 Å². The lowest BCUT2D eigenvalue weighted by atomic mass is 9.44. The average molecular weight is 907 g/mol. The maximum Gasteiger partial charge on any atom is 0.338 e. The number of hydrogen-bond acceptors (Lipinski definition) is 14. The van der Waals surface area contributed by atoms with Gasteiger partial charge < -0.3 is 43.9 Å². The number of carbonyl (C=O) groups is 6. The standard InChI is InChI=1S/C50H57BNO14/c1-8-24-51-66-35-25-36-49(27-61-36,65-30(4)54)41-43(64-45(58)33-22-16-11-17-23-33)50(60)26-34(28(2)37(47(50,5)6)40(62-29(3)53)42(56)48(35,41)7)63-46(59)39(55)38(31-18-12-9-13-19-31)52-44(57)32-20-14-10-15-21-32/h9-23,34-36,38-41,43,55,60H,8,24-27H2,1-7H3,(H,52,57)/t34-,35-,36+,38-,39+,40+,41-,43-,48+,49-,50+/m0/s1. The zero-order valence-corrected chi connectivity index (χ0v) is 38.2. The molecule has 3 N–H and O–H groups in total. The van der Waals surface area contributed by atoms with Crippen molar-refractivity contribution in [2.45, 2.75) is 128 Å². The number of Topliss-reactive ketones (excluding diaryl/α,β-unsaturated/α-hetero) is 1. The molecule has 15 nitrogen and oxygen atoms in total. The molecule has 1 amide bonds. The second kappa shape index (κ2) is 18.9. The van der Waals surface area contributed by atoms with E-state index in [0.29, 0.717) is 18.3 Å². The molecule has 1 radical (unpaired) electrons. The lowest BCUT2D eigenvalue weighted by molar-refractivity contribution is -0.344. The number of rotatable bonds is 14. The van der Waals surface area contributed by atoms with Gasteiger partial charge in [-0.3, -0.25) is 19.2 Å². The number of amides is 1. The van der Waals surface area contributed by atoms with Crippen LogP contribution in [0.1, 0.15) is 100 Å². The van der Waals surface area contributed by atoms with E-state index in [-0.39, 0.29) is 35.3 Å². The number of esters is 4. The van der Waals surface area contributed by atoms with Gasteiger partial charge in [-0.05, 0) is 54.8 Å². The number of ether oxygens (including phenoxy) is 5. The third kappa shape index (κ3) is 8.48. The van der Waals surface area contributed by atoms with E-state index in [1.165, 1.54) is 19.1 Å². The second-order valence-corrected chi connectivity index (χ2v) is 18.4. The van der Waals surface area contributed by atoms with Gasteiger partial charge >= 0.3 is 23.9 Å². The summed E-state index contributed by atoms with van der Waals surface area (Å²) >= 11 is 0. The van der Waals surface area contributed by atoms with Crippen LogP contribution < -0.4 is 5.32 Å². The predicted octanol–water partition coefficient (Wildman–Crippen LogP) is 5.21. The van der Waals surface area contributed by atoms with Crippen molar-refractivity contribution in [3.8, 4) is 0 Å². The van der Waals surface area contributed by atoms with Crippen LogP contribution in [0.4, 0.5) is 0 Å². The fourth-order valence-corrected chi connectivity index (χ4v) is 10.7. The Bertz CT molecular complexity index is 2360. The molecule has 3 aromatic rings. The number of hydrogen-bond donors (Lipinski definition) is 3. The van der Waals surface area contributed by atoms with Gasteiger partial charge in [0.15, 0.2) is 23.6 Å². The normalized spacial score (nSPS) is 30.6. The van der Waals surface area contributed by atoms with Gasteiger partial charge in [0.25, 0.3) is 13.4 Å². The Balaban J connectivity index is 1.41. The van der Waals surface area contributed by atoms with Crippen molar-refractivity contribution in [2.75, 3.05) is 6.61 Å². The highest BCUT2D eigenvalue weighted by Crippen LogP contribution is 2.65. The van der Waals surface area contributed by atoms with E-state index in [0.717, 1.165) is 6.92 Å². The second-order valence-electron chi connectivity index (χ2n) is 18.4. The summed E-state index contributed by atoms with van der Waals surface area (Å²) in [5, 5.41) is 28.6. The lowest BCUT2D eigenvalue weighted by Crippen LogP contribution is -2.82. The summed E-state index contributed by atoms with van der Waals surface area (Å²) < 4.78 is 37.5. The van der Waals surface area contributed by atoms with E-state index in [2.05, 4.69) is 5.32 Å². The van der Waals surface area contributed by atoms with Crippen molar-refractivity contribution in [1.29, 1.82) is 0 Å². The number of nitrogens with one attached hydrogen (secondary N) is 1. The van der Waals surface area contributed by atoms with E-state index in [9.17, 15) is 34.2 Å². The Kier molecular flexibility index (Phi) is 13.8. The molecule has 1 heterocycles. The molecule has 3 fully saturated rings. The summed E-state index contributed by atoms with van der Waals surface area (Å²) in [4.78, 5) is 84.9. The summed E-state index contributed by atoms with van der Waals surface area (Å²) in [7, 11) is 1.57. The number of benzene rings is 3.